The van der Waals surface area contributed by atoms with Crippen LogP contribution in [0, 0.1) is 5.92 Å². The van der Waals surface area contributed by atoms with E-state index < -0.39 is 0 Å². The number of amides is 2. The molecule has 0 unspecified atom stereocenters. The monoisotopic (exact) mass is 509 g/mol. The van der Waals surface area contributed by atoms with Crippen molar-refractivity contribution in [3.8, 4) is 11.3 Å². The number of H-pyrrole nitrogens is 1. The lowest BCUT2D eigenvalue weighted by atomic mass is 9.84. The largest absolute Gasteiger partial charge is 0.378 e. The minimum absolute atomic E-state index is 0.0336. The Balaban J connectivity index is 1.13. The van der Waals surface area contributed by atoms with E-state index >= 15 is 0 Å². The van der Waals surface area contributed by atoms with Crippen molar-refractivity contribution in [1.29, 1.82) is 0 Å². The minimum atomic E-state index is 0.0336. The average molecular weight is 510 g/mol. The van der Waals surface area contributed by atoms with Crippen molar-refractivity contribution in [3.63, 3.8) is 0 Å². The second-order valence-corrected chi connectivity index (χ2v) is 10.9. The highest BCUT2D eigenvalue weighted by molar-refractivity contribution is 5.73. The van der Waals surface area contributed by atoms with Gasteiger partial charge < -0.3 is 29.7 Å². The highest BCUT2D eigenvalue weighted by Crippen LogP contribution is 2.30. The normalized spacial score (nSPS) is 23.2. The molecule has 202 valence electrons. The number of rotatable bonds is 7. The van der Waals surface area contributed by atoms with Gasteiger partial charge in [-0.1, -0.05) is 0 Å². The molecule has 9 nitrogen and oxygen atoms in total. The summed E-state index contributed by atoms with van der Waals surface area (Å²) in [7, 11) is 3.61. The van der Waals surface area contributed by atoms with Gasteiger partial charge in [0.2, 0.25) is 0 Å². The predicted octanol–water partition coefficient (Wildman–Crippen LogP) is 3.26. The Morgan fingerprint density at radius 1 is 1.03 bits per heavy atom. The lowest BCUT2D eigenvalue weighted by Crippen LogP contribution is -2.47. The van der Waals surface area contributed by atoms with Crippen molar-refractivity contribution in [2.75, 3.05) is 82.9 Å². The van der Waals surface area contributed by atoms with Gasteiger partial charge in [-0.3, -0.25) is 4.90 Å². The summed E-state index contributed by atoms with van der Waals surface area (Å²) >= 11 is 0. The summed E-state index contributed by atoms with van der Waals surface area (Å²) in [5, 5.41) is 3.16. The summed E-state index contributed by atoms with van der Waals surface area (Å²) in [6, 6.07) is 8.99. The Hall–Kier alpha value is -2.78. The number of urea groups is 1. The Bertz CT molecular complexity index is 990. The maximum Gasteiger partial charge on any atom is 0.317 e. The molecule has 37 heavy (non-hydrogen) atoms. The number of aromatic amines is 1. The molecular weight excluding hydrogens is 466 g/mol. The number of hydrogen-bond donors (Lipinski definition) is 2. The molecule has 1 saturated carbocycles. The predicted molar refractivity (Wildman–Crippen MR) is 148 cm³/mol. The zero-order valence-electron chi connectivity index (χ0n) is 22.5. The van der Waals surface area contributed by atoms with Crippen LogP contribution in [0.15, 0.2) is 30.5 Å². The topological polar surface area (TPSA) is 80.0 Å². The van der Waals surface area contributed by atoms with Crippen molar-refractivity contribution in [1.82, 2.24) is 25.1 Å². The fourth-order valence-electron chi connectivity index (χ4n) is 5.75. The SMILES string of the molecule is CN(C)C(=O)N[C@H]1CC[C@H](CCN2CCN(c3cc(-c4ccc[nH]4)cc(N4CCOCC4)n3)CC2)CC1. The first kappa shape index (κ1) is 25.9. The van der Waals surface area contributed by atoms with E-state index in [4.69, 9.17) is 9.72 Å². The Labute approximate surface area is 221 Å². The van der Waals surface area contributed by atoms with Gasteiger partial charge in [0.25, 0.3) is 0 Å². The molecule has 2 aromatic heterocycles. The standard InChI is InChI=1S/C28H43N7O2/c1-32(2)28(36)30-24-7-5-22(6-8-24)9-11-33-12-14-34(15-13-33)26-20-23(25-4-3-10-29-25)21-27(31-26)35-16-18-37-19-17-35/h3-4,10,20-22,24,29H,5-9,11-19H2,1-2H3,(H,30,36)/t22-,24-. The van der Waals surface area contributed by atoms with Gasteiger partial charge in [0.1, 0.15) is 11.6 Å². The van der Waals surface area contributed by atoms with Gasteiger partial charge >= 0.3 is 6.03 Å². The fourth-order valence-corrected chi connectivity index (χ4v) is 5.75. The molecule has 2 N–H and O–H groups in total. The van der Waals surface area contributed by atoms with Gasteiger partial charge in [-0.2, -0.15) is 0 Å². The van der Waals surface area contributed by atoms with Gasteiger partial charge in [0.05, 0.1) is 13.2 Å². The van der Waals surface area contributed by atoms with Crippen molar-refractivity contribution in [2.45, 2.75) is 38.1 Å². The van der Waals surface area contributed by atoms with Gasteiger partial charge in [0.15, 0.2) is 0 Å². The summed E-state index contributed by atoms with van der Waals surface area (Å²) in [6.45, 7) is 8.63. The molecule has 0 bridgehead atoms. The zero-order chi connectivity index (χ0) is 25.6. The van der Waals surface area contributed by atoms with Gasteiger partial charge in [-0.15, -0.1) is 0 Å². The van der Waals surface area contributed by atoms with Crippen LogP contribution >= 0.6 is 0 Å². The molecule has 0 spiro atoms. The molecule has 2 amide bonds. The van der Waals surface area contributed by atoms with E-state index in [1.54, 1.807) is 19.0 Å². The van der Waals surface area contributed by atoms with Crippen molar-refractivity contribution >= 4 is 17.7 Å². The minimum Gasteiger partial charge on any atom is -0.378 e. The molecule has 4 heterocycles. The number of nitrogens with one attached hydrogen (secondary N) is 2. The number of pyridine rings is 1. The molecule has 2 saturated heterocycles. The summed E-state index contributed by atoms with van der Waals surface area (Å²) < 4.78 is 5.57. The first-order valence-electron chi connectivity index (χ1n) is 14.0. The second kappa shape index (κ2) is 12.2. The highest BCUT2D eigenvalue weighted by Gasteiger charge is 2.25. The molecular formula is C28H43N7O2. The van der Waals surface area contributed by atoms with Crippen LogP contribution in [0.5, 0.6) is 0 Å². The number of piperazine rings is 1. The third kappa shape index (κ3) is 6.76. The summed E-state index contributed by atoms with van der Waals surface area (Å²) in [5.74, 6) is 2.90. The average Bonchev–Trinajstić information content (AvgIpc) is 3.48. The first-order valence-corrected chi connectivity index (χ1v) is 14.0. The molecule has 9 heteroatoms. The number of morpholine rings is 1. The molecule has 2 aliphatic heterocycles. The third-order valence-electron chi connectivity index (χ3n) is 8.17. The Morgan fingerprint density at radius 2 is 1.70 bits per heavy atom. The highest BCUT2D eigenvalue weighted by atomic mass is 16.5. The lowest BCUT2D eigenvalue weighted by molar-refractivity contribution is 0.122. The van der Waals surface area contributed by atoms with Crippen molar-refractivity contribution < 1.29 is 9.53 Å². The van der Waals surface area contributed by atoms with Crippen molar-refractivity contribution in [2.24, 2.45) is 5.92 Å². The first-order chi connectivity index (χ1) is 18.0. The molecule has 0 radical (unpaired) electrons. The quantitative estimate of drug-likeness (QED) is 0.597. The number of anilines is 2. The number of nitrogens with zero attached hydrogens (tertiary/aromatic N) is 5. The number of hydrogen-bond acceptors (Lipinski definition) is 6. The molecule has 0 atom stereocenters. The van der Waals surface area contributed by atoms with Gasteiger partial charge in [-0.25, -0.2) is 9.78 Å². The lowest BCUT2D eigenvalue weighted by Gasteiger charge is -2.37. The van der Waals surface area contributed by atoms with Crippen LogP contribution in [0.25, 0.3) is 11.3 Å². The molecule has 3 fully saturated rings. The van der Waals surface area contributed by atoms with Crippen LogP contribution in [-0.4, -0.2) is 105 Å². The number of carbonyl (C=O) groups excluding carboxylic acids is 1. The van der Waals surface area contributed by atoms with Gasteiger partial charge in [0, 0.05) is 76.9 Å². The van der Waals surface area contributed by atoms with Gasteiger partial charge in [-0.05, 0) is 68.8 Å². The van der Waals surface area contributed by atoms with Crippen LogP contribution in [0.3, 0.4) is 0 Å². The maximum absolute atomic E-state index is 11.9. The van der Waals surface area contributed by atoms with E-state index in [0.717, 1.165) is 88.6 Å². The summed E-state index contributed by atoms with van der Waals surface area (Å²) in [6.07, 6.45) is 7.89. The number of ether oxygens (including phenoxy) is 1. The van der Waals surface area contributed by atoms with E-state index in [0.29, 0.717) is 6.04 Å². The molecule has 0 aromatic carbocycles. The molecule has 1 aliphatic carbocycles. The molecule has 3 aliphatic rings. The Morgan fingerprint density at radius 3 is 2.32 bits per heavy atom. The van der Waals surface area contributed by atoms with Crippen LogP contribution in [0.1, 0.15) is 32.1 Å². The summed E-state index contributed by atoms with van der Waals surface area (Å²) in [4.78, 5) is 29.4. The van der Waals surface area contributed by atoms with Crippen LogP contribution in [0.2, 0.25) is 0 Å². The van der Waals surface area contributed by atoms with Crippen LogP contribution in [0.4, 0.5) is 16.4 Å². The fraction of sp³-hybridized carbons (Fsp3) is 0.643. The second-order valence-electron chi connectivity index (χ2n) is 10.9. The van der Waals surface area contributed by atoms with E-state index in [1.165, 1.54) is 31.4 Å². The molecule has 2 aromatic rings. The Kier molecular flexibility index (Phi) is 8.51. The van der Waals surface area contributed by atoms with E-state index in [9.17, 15) is 4.79 Å². The third-order valence-corrected chi connectivity index (χ3v) is 8.17. The van der Waals surface area contributed by atoms with Crippen LogP contribution in [-0.2, 0) is 4.74 Å². The van der Waals surface area contributed by atoms with E-state index in [2.05, 4.69) is 49.3 Å². The summed E-state index contributed by atoms with van der Waals surface area (Å²) in [5.41, 5.74) is 2.32. The van der Waals surface area contributed by atoms with E-state index in [-0.39, 0.29) is 6.03 Å². The van der Waals surface area contributed by atoms with Crippen molar-refractivity contribution in [3.05, 3.63) is 30.5 Å². The zero-order valence-corrected chi connectivity index (χ0v) is 22.5. The maximum atomic E-state index is 11.9. The smallest absolute Gasteiger partial charge is 0.317 e. The molecule has 5 rings (SSSR count). The van der Waals surface area contributed by atoms with Crippen LogP contribution < -0.4 is 15.1 Å². The number of carbonyl (C=O) groups is 1. The number of aromatic nitrogens is 2. The van der Waals surface area contributed by atoms with E-state index in [1.807, 2.05) is 6.20 Å².